The average molecular weight is 503 g/mol. The summed E-state index contributed by atoms with van der Waals surface area (Å²) >= 11 is 6.25. The number of hydrogen-bond donors (Lipinski definition) is 2. The van der Waals surface area contributed by atoms with Gasteiger partial charge in [0.25, 0.3) is 0 Å². The first-order valence-electron chi connectivity index (χ1n) is 12.8. The van der Waals surface area contributed by atoms with E-state index in [0.29, 0.717) is 22.7 Å². The van der Waals surface area contributed by atoms with Crippen LogP contribution in [0.25, 0.3) is 22.6 Å². The third-order valence-electron chi connectivity index (χ3n) is 7.25. The maximum atomic E-state index is 15.6. The zero-order chi connectivity index (χ0) is 25.0. The first kappa shape index (κ1) is 24.7. The van der Waals surface area contributed by atoms with Crippen molar-refractivity contribution in [3.05, 3.63) is 89.2 Å². The molecule has 0 spiro atoms. The molecule has 186 valence electrons. The summed E-state index contributed by atoms with van der Waals surface area (Å²) in [6.45, 7) is 1.58. The Morgan fingerprint density at radius 2 is 1.94 bits per heavy atom. The maximum absolute atomic E-state index is 15.6. The second-order valence-corrected chi connectivity index (χ2v) is 10.4. The summed E-state index contributed by atoms with van der Waals surface area (Å²) < 4.78 is 15.6. The van der Waals surface area contributed by atoms with Gasteiger partial charge in [0.15, 0.2) is 11.5 Å². The Balaban J connectivity index is 1.35. The Kier molecular flexibility index (Phi) is 7.49. The third-order valence-corrected chi connectivity index (χ3v) is 7.49. The van der Waals surface area contributed by atoms with Gasteiger partial charge < -0.3 is 11.1 Å². The topological polar surface area (TPSA) is 63.8 Å². The standard InChI is InChI=1S/C30H32ClFN4/c31-25-9-10-26-27(18-25)35-28(36-29(26)34-20-22-6-4-5-21(17-22)19-33)13-16-30(32)14-11-24(12-15-30)23-7-2-1-3-8-23/h1-3,7-14,16,18,21-22H,4-6,15,17,19-20,33H2,(H,34,35,36). The van der Waals surface area contributed by atoms with Gasteiger partial charge in [-0.25, -0.2) is 14.4 Å². The Bertz CT molecular complexity index is 1300. The predicted octanol–water partition coefficient (Wildman–Crippen LogP) is 7.23. The lowest BCUT2D eigenvalue weighted by Gasteiger charge is -2.28. The molecule has 5 rings (SSSR count). The molecule has 1 aromatic heterocycles. The fraction of sp³-hybridized carbons (Fsp3) is 0.333. The first-order valence-corrected chi connectivity index (χ1v) is 13.1. The highest BCUT2D eigenvalue weighted by Crippen LogP contribution is 2.32. The van der Waals surface area contributed by atoms with Gasteiger partial charge in [0.1, 0.15) is 5.82 Å². The van der Waals surface area contributed by atoms with E-state index < -0.39 is 5.67 Å². The van der Waals surface area contributed by atoms with Gasteiger partial charge in [-0.05, 0) is 85.2 Å². The van der Waals surface area contributed by atoms with Crippen molar-refractivity contribution < 1.29 is 4.39 Å². The SMILES string of the molecule is NCC1CCCC(CNc2nc(C=CC3(F)C=CC(c4ccccc4)=CC3)nc3cc(Cl)ccc23)C1. The summed E-state index contributed by atoms with van der Waals surface area (Å²) in [5.41, 5.74) is 7.19. The second kappa shape index (κ2) is 10.9. The van der Waals surface area contributed by atoms with Crippen LogP contribution in [0, 0.1) is 11.8 Å². The van der Waals surface area contributed by atoms with Crippen molar-refractivity contribution in [2.24, 2.45) is 17.6 Å². The van der Waals surface area contributed by atoms with Gasteiger partial charge in [0, 0.05) is 23.4 Å². The van der Waals surface area contributed by atoms with Crippen LogP contribution in [-0.4, -0.2) is 28.7 Å². The Morgan fingerprint density at radius 1 is 1.11 bits per heavy atom. The van der Waals surface area contributed by atoms with E-state index in [2.05, 4.69) is 10.3 Å². The minimum Gasteiger partial charge on any atom is -0.369 e. The van der Waals surface area contributed by atoms with E-state index in [0.717, 1.165) is 47.4 Å². The zero-order valence-electron chi connectivity index (χ0n) is 20.3. The van der Waals surface area contributed by atoms with Crippen LogP contribution in [0.1, 0.15) is 43.5 Å². The van der Waals surface area contributed by atoms with Crippen molar-refractivity contribution >= 4 is 40.0 Å². The van der Waals surface area contributed by atoms with Crippen LogP contribution >= 0.6 is 11.6 Å². The highest BCUT2D eigenvalue weighted by atomic mass is 35.5. The van der Waals surface area contributed by atoms with E-state index in [1.54, 1.807) is 18.2 Å². The number of halogens is 2. The summed E-state index contributed by atoms with van der Waals surface area (Å²) in [5.74, 6) is 2.38. The molecule has 0 amide bonds. The van der Waals surface area contributed by atoms with Crippen LogP contribution < -0.4 is 11.1 Å². The van der Waals surface area contributed by atoms with E-state index in [1.807, 2.05) is 60.7 Å². The number of hydrogen-bond acceptors (Lipinski definition) is 4. The number of fused-ring (bicyclic) bond motifs is 1. The molecular weight excluding hydrogens is 471 g/mol. The van der Waals surface area contributed by atoms with Gasteiger partial charge in [0.05, 0.1) is 5.52 Å². The summed E-state index contributed by atoms with van der Waals surface area (Å²) in [7, 11) is 0. The zero-order valence-corrected chi connectivity index (χ0v) is 21.1. The molecule has 2 aliphatic carbocycles. The molecule has 3 N–H and O–H groups in total. The highest BCUT2D eigenvalue weighted by Gasteiger charge is 2.25. The van der Waals surface area contributed by atoms with Gasteiger partial charge in [-0.1, -0.05) is 60.5 Å². The lowest BCUT2D eigenvalue weighted by molar-refractivity contribution is 0.281. The van der Waals surface area contributed by atoms with E-state index in [1.165, 1.54) is 19.3 Å². The molecule has 3 aromatic rings. The normalized spacial score (nSPS) is 24.2. The molecule has 6 heteroatoms. The molecule has 0 aliphatic heterocycles. The van der Waals surface area contributed by atoms with Crippen LogP contribution in [-0.2, 0) is 0 Å². The molecule has 3 unspecified atom stereocenters. The van der Waals surface area contributed by atoms with Crippen molar-refractivity contribution in [1.82, 2.24) is 9.97 Å². The number of aromatic nitrogens is 2. The van der Waals surface area contributed by atoms with Crippen LogP contribution in [0.15, 0.2) is 72.8 Å². The lowest BCUT2D eigenvalue weighted by atomic mass is 9.81. The number of alkyl halides is 1. The molecule has 0 bridgehead atoms. The van der Waals surface area contributed by atoms with Gasteiger partial charge in [0.2, 0.25) is 0 Å². The largest absolute Gasteiger partial charge is 0.369 e. The quantitative estimate of drug-likeness (QED) is 0.358. The summed E-state index contributed by atoms with van der Waals surface area (Å²) in [5, 5.41) is 5.06. The molecule has 1 saturated carbocycles. The van der Waals surface area contributed by atoms with Gasteiger partial charge in [-0.2, -0.15) is 0 Å². The summed E-state index contributed by atoms with van der Waals surface area (Å²) in [6.07, 6.45) is 13.6. The minimum atomic E-state index is -1.59. The van der Waals surface area contributed by atoms with Crippen molar-refractivity contribution in [2.75, 3.05) is 18.4 Å². The average Bonchev–Trinajstić information content (AvgIpc) is 2.91. The van der Waals surface area contributed by atoms with Crippen molar-refractivity contribution in [3.8, 4) is 0 Å². The maximum Gasteiger partial charge on any atom is 0.154 e. The lowest BCUT2D eigenvalue weighted by Crippen LogP contribution is -2.26. The van der Waals surface area contributed by atoms with Gasteiger partial charge in [-0.3, -0.25) is 0 Å². The Labute approximate surface area is 217 Å². The molecule has 1 heterocycles. The van der Waals surface area contributed by atoms with E-state index >= 15 is 4.39 Å². The van der Waals surface area contributed by atoms with Crippen molar-refractivity contribution in [3.63, 3.8) is 0 Å². The molecule has 2 aliphatic rings. The molecule has 0 saturated heterocycles. The second-order valence-electron chi connectivity index (χ2n) is 9.93. The summed E-state index contributed by atoms with van der Waals surface area (Å²) in [6, 6.07) is 15.6. The number of rotatable bonds is 7. The Morgan fingerprint density at radius 3 is 2.72 bits per heavy atom. The van der Waals surface area contributed by atoms with Crippen molar-refractivity contribution in [1.29, 1.82) is 0 Å². The van der Waals surface area contributed by atoms with Gasteiger partial charge >= 0.3 is 0 Å². The van der Waals surface area contributed by atoms with E-state index in [-0.39, 0.29) is 6.42 Å². The number of nitrogens with zero attached hydrogens (tertiary/aromatic N) is 2. The van der Waals surface area contributed by atoms with Crippen molar-refractivity contribution in [2.45, 2.75) is 37.8 Å². The predicted molar refractivity (Wildman–Crippen MR) is 149 cm³/mol. The van der Waals surface area contributed by atoms with Gasteiger partial charge in [-0.15, -0.1) is 0 Å². The molecule has 36 heavy (non-hydrogen) atoms. The number of nitrogens with two attached hydrogens (primary N) is 1. The number of anilines is 1. The summed E-state index contributed by atoms with van der Waals surface area (Å²) in [4.78, 5) is 9.40. The molecule has 2 aromatic carbocycles. The Hall–Kier alpha value is -3.02. The third kappa shape index (κ3) is 5.85. The smallest absolute Gasteiger partial charge is 0.154 e. The monoisotopic (exact) mass is 502 g/mol. The fourth-order valence-electron chi connectivity index (χ4n) is 5.18. The van der Waals surface area contributed by atoms with Crippen LogP contribution in [0.5, 0.6) is 0 Å². The highest BCUT2D eigenvalue weighted by molar-refractivity contribution is 6.31. The molecule has 4 nitrogen and oxygen atoms in total. The van der Waals surface area contributed by atoms with E-state index in [4.69, 9.17) is 22.3 Å². The molecule has 1 fully saturated rings. The molecule has 3 atom stereocenters. The minimum absolute atomic E-state index is 0.263. The van der Waals surface area contributed by atoms with E-state index in [9.17, 15) is 0 Å². The number of nitrogens with one attached hydrogen (secondary N) is 1. The molecule has 0 radical (unpaired) electrons. The van der Waals surface area contributed by atoms with Crippen LogP contribution in [0.4, 0.5) is 10.2 Å². The van der Waals surface area contributed by atoms with Crippen LogP contribution in [0.2, 0.25) is 5.02 Å². The first-order chi connectivity index (χ1) is 17.5. The van der Waals surface area contributed by atoms with Crippen LogP contribution in [0.3, 0.4) is 0 Å². The fourth-order valence-corrected chi connectivity index (χ4v) is 5.35. The number of allylic oxidation sites excluding steroid dienone is 5. The molecular formula is C30H32ClFN4. The number of benzene rings is 2.